The van der Waals surface area contributed by atoms with E-state index in [1.54, 1.807) is 19.1 Å². The number of ether oxygens (including phenoxy) is 1. The molecule has 2 unspecified atom stereocenters. The summed E-state index contributed by atoms with van der Waals surface area (Å²) in [6.07, 6.45) is 3.20. The number of aryl methyl sites for hydroxylation is 1. The number of amides is 1. The van der Waals surface area contributed by atoms with Crippen molar-refractivity contribution in [2.75, 3.05) is 13.2 Å². The molecule has 1 saturated heterocycles. The molecule has 1 fully saturated rings. The van der Waals surface area contributed by atoms with Crippen molar-refractivity contribution in [1.29, 1.82) is 0 Å². The predicted octanol–water partition coefficient (Wildman–Crippen LogP) is 1.88. The molecule has 2 aromatic rings. The molecule has 0 saturated carbocycles. The highest BCUT2D eigenvalue weighted by molar-refractivity contribution is 6.00. The van der Waals surface area contributed by atoms with Crippen molar-refractivity contribution in [3.8, 4) is 5.69 Å². The van der Waals surface area contributed by atoms with E-state index in [1.807, 2.05) is 19.9 Å². The number of aromatic nitrogens is 3. The Balaban J connectivity index is 2.10. The topological polar surface area (TPSA) is 97.6 Å². The lowest BCUT2D eigenvalue weighted by Crippen LogP contribution is -2.63. The Morgan fingerprint density at radius 3 is 2.65 bits per heavy atom. The van der Waals surface area contributed by atoms with E-state index in [4.69, 9.17) is 4.74 Å². The molecule has 8 nitrogen and oxygen atoms in total. The zero-order valence-electron chi connectivity index (χ0n) is 15.0. The summed E-state index contributed by atoms with van der Waals surface area (Å²) in [5.41, 5.74) is 0.0622. The minimum absolute atomic E-state index is 0.0362. The SMILES string of the molecule is CCC1(C(=O)O)OCC(C)CN1C(=O)c1cc(C)ccc1-n1nccn1. The van der Waals surface area contributed by atoms with E-state index in [-0.39, 0.29) is 12.3 Å². The highest BCUT2D eigenvalue weighted by atomic mass is 16.5. The third-order valence-electron chi connectivity index (χ3n) is 4.61. The van der Waals surface area contributed by atoms with Crippen LogP contribution in [0.25, 0.3) is 5.69 Å². The standard InChI is InChI=1S/C18H22N4O4/c1-4-18(17(24)25)21(10-13(3)11-26-18)16(23)14-9-12(2)5-6-15(14)22-19-7-8-20-22/h5-9,13H,4,10-11H2,1-3H3,(H,24,25). The largest absolute Gasteiger partial charge is 0.478 e. The van der Waals surface area contributed by atoms with E-state index in [9.17, 15) is 14.7 Å². The number of rotatable bonds is 4. The first-order chi connectivity index (χ1) is 12.4. The first-order valence-corrected chi connectivity index (χ1v) is 8.55. The van der Waals surface area contributed by atoms with Crippen LogP contribution in [-0.4, -0.2) is 55.8 Å². The second-order valence-electron chi connectivity index (χ2n) is 6.61. The number of carboxylic acid groups (broad SMARTS) is 1. The van der Waals surface area contributed by atoms with Crippen molar-refractivity contribution in [3.63, 3.8) is 0 Å². The van der Waals surface area contributed by atoms with E-state index >= 15 is 0 Å². The predicted molar refractivity (Wildman–Crippen MR) is 92.9 cm³/mol. The smallest absolute Gasteiger partial charge is 0.357 e. The van der Waals surface area contributed by atoms with Gasteiger partial charge in [0.05, 0.1) is 30.3 Å². The Morgan fingerprint density at radius 1 is 1.35 bits per heavy atom. The van der Waals surface area contributed by atoms with Gasteiger partial charge in [-0.3, -0.25) is 4.79 Å². The zero-order chi connectivity index (χ0) is 18.9. The summed E-state index contributed by atoms with van der Waals surface area (Å²) in [5, 5.41) is 18.0. The molecule has 1 aromatic carbocycles. The molecule has 0 spiro atoms. The molecule has 26 heavy (non-hydrogen) atoms. The second-order valence-corrected chi connectivity index (χ2v) is 6.61. The fourth-order valence-electron chi connectivity index (χ4n) is 3.22. The molecule has 0 radical (unpaired) electrons. The number of carbonyl (C=O) groups excluding carboxylic acids is 1. The van der Waals surface area contributed by atoms with Crippen LogP contribution in [0.3, 0.4) is 0 Å². The Kier molecular flexibility index (Phi) is 4.78. The highest BCUT2D eigenvalue weighted by Gasteiger charge is 2.50. The van der Waals surface area contributed by atoms with Gasteiger partial charge in [-0.15, -0.1) is 0 Å². The van der Waals surface area contributed by atoms with Gasteiger partial charge in [-0.1, -0.05) is 25.5 Å². The maximum absolute atomic E-state index is 13.4. The van der Waals surface area contributed by atoms with Gasteiger partial charge in [0.1, 0.15) is 0 Å². The fourth-order valence-corrected chi connectivity index (χ4v) is 3.22. The molecule has 1 amide bonds. The fraction of sp³-hybridized carbons (Fsp3) is 0.444. The molecular formula is C18H22N4O4. The summed E-state index contributed by atoms with van der Waals surface area (Å²) in [7, 11) is 0. The third-order valence-corrected chi connectivity index (χ3v) is 4.61. The Morgan fingerprint density at radius 2 is 2.04 bits per heavy atom. The number of hydrogen-bond donors (Lipinski definition) is 1. The van der Waals surface area contributed by atoms with Crippen molar-refractivity contribution in [1.82, 2.24) is 19.9 Å². The first-order valence-electron chi connectivity index (χ1n) is 8.55. The van der Waals surface area contributed by atoms with Crippen molar-refractivity contribution in [3.05, 3.63) is 41.7 Å². The van der Waals surface area contributed by atoms with Gasteiger partial charge in [0, 0.05) is 13.0 Å². The van der Waals surface area contributed by atoms with Crippen molar-refractivity contribution >= 4 is 11.9 Å². The van der Waals surface area contributed by atoms with Crippen LogP contribution < -0.4 is 0 Å². The minimum Gasteiger partial charge on any atom is -0.478 e. The molecule has 2 atom stereocenters. The highest BCUT2D eigenvalue weighted by Crippen LogP contribution is 2.31. The van der Waals surface area contributed by atoms with Crippen LogP contribution in [0, 0.1) is 12.8 Å². The summed E-state index contributed by atoms with van der Waals surface area (Å²) in [6, 6.07) is 5.34. The Bertz CT molecular complexity index is 821. The summed E-state index contributed by atoms with van der Waals surface area (Å²) < 4.78 is 5.67. The molecule has 8 heteroatoms. The Hall–Kier alpha value is -2.74. The van der Waals surface area contributed by atoms with Crippen LogP contribution >= 0.6 is 0 Å². The number of benzene rings is 1. The van der Waals surface area contributed by atoms with Gasteiger partial charge in [-0.05, 0) is 25.0 Å². The summed E-state index contributed by atoms with van der Waals surface area (Å²) in [5.74, 6) is -1.53. The Labute approximate surface area is 151 Å². The number of aliphatic carboxylic acids is 1. The van der Waals surface area contributed by atoms with Crippen LogP contribution in [0.1, 0.15) is 36.2 Å². The van der Waals surface area contributed by atoms with Gasteiger partial charge < -0.3 is 14.7 Å². The van der Waals surface area contributed by atoms with E-state index in [2.05, 4.69) is 10.2 Å². The van der Waals surface area contributed by atoms with E-state index in [0.717, 1.165) is 5.56 Å². The molecule has 1 aliphatic rings. The third kappa shape index (κ3) is 2.96. The van der Waals surface area contributed by atoms with Crippen LogP contribution in [-0.2, 0) is 9.53 Å². The maximum atomic E-state index is 13.4. The van der Waals surface area contributed by atoms with Crippen LogP contribution in [0.2, 0.25) is 0 Å². The van der Waals surface area contributed by atoms with E-state index < -0.39 is 17.6 Å². The van der Waals surface area contributed by atoms with Crippen LogP contribution in [0.4, 0.5) is 0 Å². The van der Waals surface area contributed by atoms with Crippen molar-refractivity contribution in [2.45, 2.75) is 32.9 Å². The number of hydrogen-bond acceptors (Lipinski definition) is 5. The van der Waals surface area contributed by atoms with Crippen LogP contribution in [0.5, 0.6) is 0 Å². The van der Waals surface area contributed by atoms with Gasteiger partial charge in [0.2, 0.25) is 5.72 Å². The van der Waals surface area contributed by atoms with Gasteiger partial charge in [0.25, 0.3) is 5.91 Å². The molecule has 138 valence electrons. The monoisotopic (exact) mass is 358 g/mol. The number of carboxylic acids is 1. The molecular weight excluding hydrogens is 336 g/mol. The first kappa shape index (κ1) is 18.1. The zero-order valence-corrected chi connectivity index (χ0v) is 15.0. The average Bonchev–Trinajstić information content (AvgIpc) is 3.15. The molecule has 2 heterocycles. The normalized spacial score (nSPS) is 23.0. The second kappa shape index (κ2) is 6.87. The summed E-state index contributed by atoms with van der Waals surface area (Å²) >= 11 is 0. The lowest BCUT2D eigenvalue weighted by Gasteiger charge is -2.45. The summed E-state index contributed by atoms with van der Waals surface area (Å²) in [6.45, 7) is 6.10. The van der Waals surface area contributed by atoms with Crippen molar-refractivity contribution in [2.24, 2.45) is 5.92 Å². The molecule has 3 rings (SSSR count). The maximum Gasteiger partial charge on any atom is 0.357 e. The van der Waals surface area contributed by atoms with E-state index in [1.165, 1.54) is 22.1 Å². The van der Waals surface area contributed by atoms with Gasteiger partial charge in [-0.2, -0.15) is 15.0 Å². The molecule has 0 aliphatic carbocycles. The lowest BCUT2D eigenvalue weighted by molar-refractivity contribution is -0.210. The molecule has 0 bridgehead atoms. The average molecular weight is 358 g/mol. The summed E-state index contributed by atoms with van der Waals surface area (Å²) in [4.78, 5) is 28.1. The van der Waals surface area contributed by atoms with Gasteiger partial charge in [-0.25, -0.2) is 4.79 Å². The van der Waals surface area contributed by atoms with Gasteiger partial charge >= 0.3 is 5.97 Å². The molecule has 1 aromatic heterocycles. The lowest BCUT2D eigenvalue weighted by atomic mass is 9.99. The van der Waals surface area contributed by atoms with Crippen molar-refractivity contribution < 1.29 is 19.4 Å². The number of carbonyl (C=O) groups is 2. The molecule has 1 aliphatic heterocycles. The van der Waals surface area contributed by atoms with Gasteiger partial charge in [0.15, 0.2) is 0 Å². The minimum atomic E-state index is -1.66. The molecule has 1 N–H and O–H groups in total. The van der Waals surface area contributed by atoms with E-state index in [0.29, 0.717) is 24.4 Å². The number of nitrogens with zero attached hydrogens (tertiary/aromatic N) is 4. The quantitative estimate of drug-likeness (QED) is 0.896. The van der Waals surface area contributed by atoms with Crippen LogP contribution in [0.15, 0.2) is 30.6 Å².